The maximum atomic E-state index is 13.2. The Morgan fingerprint density at radius 2 is 1.77 bits per heavy atom. The number of piperidine rings is 1. The van der Waals surface area contributed by atoms with Crippen molar-refractivity contribution in [3.8, 4) is 6.07 Å². The van der Waals surface area contributed by atoms with Crippen molar-refractivity contribution in [3.05, 3.63) is 64.7 Å². The zero-order valence-corrected chi connectivity index (χ0v) is 20.5. The highest BCUT2D eigenvalue weighted by Gasteiger charge is 2.25. The van der Waals surface area contributed by atoms with Crippen LogP contribution in [0.3, 0.4) is 0 Å². The average molecular weight is 476 g/mol. The van der Waals surface area contributed by atoms with E-state index in [4.69, 9.17) is 11.0 Å². The molecule has 1 heterocycles. The van der Waals surface area contributed by atoms with Gasteiger partial charge in [0.05, 0.1) is 11.6 Å². The fraction of sp³-hybridized carbons (Fsp3) is 0.407. The molecule has 1 fully saturated rings. The van der Waals surface area contributed by atoms with Gasteiger partial charge in [-0.2, -0.15) is 5.26 Å². The van der Waals surface area contributed by atoms with Crippen molar-refractivity contribution in [2.45, 2.75) is 52.0 Å². The molecule has 0 spiro atoms. The van der Waals surface area contributed by atoms with Gasteiger partial charge in [0.15, 0.2) is 0 Å². The van der Waals surface area contributed by atoms with Gasteiger partial charge in [0.25, 0.3) is 5.91 Å². The van der Waals surface area contributed by atoms with E-state index in [1.54, 1.807) is 18.2 Å². The third-order valence-corrected chi connectivity index (χ3v) is 6.38. The molecule has 4 N–H and O–H groups in total. The molecular weight excluding hydrogens is 442 g/mol. The number of carbonyl (C=O) groups excluding carboxylic acids is 3. The zero-order chi connectivity index (χ0) is 25.5. The third-order valence-electron chi connectivity index (χ3n) is 6.38. The SMILES string of the molecule is Cc1ccc(C(=O)N2CCC(c3ccc(C#N)cc3)CC2)cc1NC(=O)N[C@@H](CC(C)C)C(N)=O. The van der Waals surface area contributed by atoms with Gasteiger partial charge in [-0.25, -0.2) is 4.79 Å². The summed E-state index contributed by atoms with van der Waals surface area (Å²) in [5, 5.41) is 14.4. The molecule has 1 saturated heterocycles. The Kier molecular flexibility index (Phi) is 8.48. The van der Waals surface area contributed by atoms with Gasteiger partial charge in [-0.15, -0.1) is 0 Å². The number of carbonyl (C=O) groups is 3. The molecule has 0 saturated carbocycles. The molecular formula is C27H33N5O3. The van der Waals surface area contributed by atoms with Crippen molar-refractivity contribution < 1.29 is 14.4 Å². The first-order valence-electron chi connectivity index (χ1n) is 11.9. The Bertz CT molecular complexity index is 1110. The van der Waals surface area contributed by atoms with Crippen LogP contribution in [0.15, 0.2) is 42.5 Å². The number of amides is 4. The van der Waals surface area contributed by atoms with Gasteiger partial charge in [-0.05, 0) is 73.4 Å². The molecule has 2 aromatic carbocycles. The highest BCUT2D eigenvalue weighted by molar-refractivity contribution is 5.98. The number of nitriles is 1. The van der Waals surface area contributed by atoms with E-state index in [2.05, 4.69) is 16.7 Å². The Balaban J connectivity index is 1.62. The van der Waals surface area contributed by atoms with Crippen LogP contribution in [0.1, 0.15) is 66.1 Å². The first kappa shape index (κ1) is 25.8. The van der Waals surface area contributed by atoms with Gasteiger partial charge >= 0.3 is 6.03 Å². The molecule has 3 rings (SSSR count). The number of hydrogen-bond donors (Lipinski definition) is 3. The van der Waals surface area contributed by atoms with E-state index in [1.807, 2.05) is 49.9 Å². The van der Waals surface area contributed by atoms with Crippen LogP contribution < -0.4 is 16.4 Å². The van der Waals surface area contributed by atoms with Crippen LogP contribution in [0.4, 0.5) is 10.5 Å². The standard InChI is InChI=1S/C27H33N5O3/c1-17(2)14-24(25(29)33)31-27(35)30-23-15-22(7-4-18(23)3)26(34)32-12-10-21(11-13-32)20-8-5-19(16-28)6-9-20/h4-9,15,17,21,24H,10-14H2,1-3H3,(H2,29,33)(H2,30,31,35)/t24-/m0/s1. The quantitative estimate of drug-likeness (QED) is 0.561. The van der Waals surface area contributed by atoms with Gasteiger partial charge in [-0.1, -0.05) is 32.0 Å². The molecule has 4 amide bonds. The zero-order valence-electron chi connectivity index (χ0n) is 20.5. The second-order valence-electron chi connectivity index (χ2n) is 9.51. The fourth-order valence-electron chi connectivity index (χ4n) is 4.35. The van der Waals surface area contributed by atoms with Crippen LogP contribution in [0, 0.1) is 24.2 Å². The number of urea groups is 1. The molecule has 8 heteroatoms. The minimum atomic E-state index is -0.766. The van der Waals surface area contributed by atoms with Crippen LogP contribution >= 0.6 is 0 Å². The minimum absolute atomic E-state index is 0.0819. The van der Waals surface area contributed by atoms with Crippen molar-refractivity contribution in [1.82, 2.24) is 10.2 Å². The molecule has 0 aliphatic carbocycles. The van der Waals surface area contributed by atoms with E-state index >= 15 is 0 Å². The van der Waals surface area contributed by atoms with Crippen LogP contribution in [-0.4, -0.2) is 41.9 Å². The number of likely N-dealkylation sites (tertiary alicyclic amines) is 1. The molecule has 1 atom stereocenters. The number of nitrogens with one attached hydrogen (secondary N) is 2. The van der Waals surface area contributed by atoms with Crippen molar-refractivity contribution in [2.24, 2.45) is 11.7 Å². The van der Waals surface area contributed by atoms with Gasteiger partial charge in [0.2, 0.25) is 5.91 Å². The minimum Gasteiger partial charge on any atom is -0.368 e. The maximum absolute atomic E-state index is 13.2. The summed E-state index contributed by atoms with van der Waals surface area (Å²) in [6, 6.07) is 13.7. The molecule has 0 aromatic heterocycles. The Morgan fingerprint density at radius 1 is 1.11 bits per heavy atom. The number of anilines is 1. The largest absolute Gasteiger partial charge is 0.368 e. The molecule has 1 aliphatic rings. The lowest BCUT2D eigenvalue weighted by Crippen LogP contribution is -2.46. The summed E-state index contributed by atoms with van der Waals surface area (Å²) in [5.41, 5.74) is 9.06. The topological polar surface area (TPSA) is 128 Å². The number of primary amides is 1. The van der Waals surface area contributed by atoms with Crippen LogP contribution in [0.5, 0.6) is 0 Å². The van der Waals surface area contributed by atoms with E-state index in [1.165, 1.54) is 5.56 Å². The van der Waals surface area contributed by atoms with Gasteiger partial charge in [0, 0.05) is 24.3 Å². The lowest BCUT2D eigenvalue weighted by Gasteiger charge is -2.32. The van der Waals surface area contributed by atoms with E-state index in [0.717, 1.165) is 18.4 Å². The first-order valence-corrected chi connectivity index (χ1v) is 11.9. The predicted molar refractivity (Wildman–Crippen MR) is 135 cm³/mol. The van der Waals surface area contributed by atoms with E-state index in [-0.39, 0.29) is 11.8 Å². The summed E-state index contributed by atoms with van der Waals surface area (Å²) in [6.07, 6.45) is 2.14. The summed E-state index contributed by atoms with van der Waals surface area (Å²) < 4.78 is 0. The molecule has 0 bridgehead atoms. The molecule has 35 heavy (non-hydrogen) atoms. The van der Waals surface area contributed by atoms with E-state index in [9.17, 15) is 14.4 Å². The molecule has 2 aromatic rings. The van der Waals surface area contributed by atoms with Crippen LogP contribution in [0.25, 0.3) is 0 Å². The number of nitrogens with zero attached hydrogens (tertiary/aromatic N) is 2. The van der Waals surface area contributed by atoms with Gasteiger partial charge < -0.3 is 21.3 Å². The summed E-state index contributed by atoms with van der Waals surface area (Å²) in [5.74, 6) is -0.119. The second-order valence-corrected chi connectivity index (χ2v) is 9.51. The lowest BCUT2D eigenvalue weighted by molar-refractivity contribution is -0.120. The number of benzene rings is 2. The number of rotatable bonds is 7. The smallest absolute Gasteiger partial charge is 0.319 e. The Labute approximate surface area is 206 Å². The fourth-order valence-corrected chi connectivity index (χ4v) is 4.35. The monoisotopic (exact) mass is 475 g/mol. The number of hydrogen-bond acceptors (Lipinski definition) is 4. The predicted octanol–water partition coefficient (Wildman–Crippen LogP) is 3.91. The molecule has 0 unspecified atom stereocenters. The molecule has 184 valence electrons. The number of nitrogens with two attached hydrogens (primary N) is 1. The van der Waals surface area contributed by atoms with Crippen molar-refractivity contribution in [3.63, 3.8) is 0 Å². The second kappa shape index (κ2) is 11.5. The van der Waals surface area contributed by atoms with E-state index in [0.29, 0.717) is 42.2 Å². The average Bonchev–Trinajstić information content (AvgIpc) is 2.84. The van der Waals surface area contributed by atoms with Gasteiger partial charge in [-0.3, -0.25) is 9.59 Å². The highest BCUT2D eigenvalue weighted by Crippen LogP contribution is 2.29. The number of aryl methyl sites for hydroxylation is 1. The Hall–Kier alpha value is -3.86. The summed E-state index contributed by atoms with van der Waals surface area (Å²) in [4.78, 5) is 39.2. The van der Waals surface area contributed by atoms with Crippen molar-refractivity contribution in [1.29, 1.82) is 5.26 Å². The summed E-state index contributed by atoms with van der Waals surface area (Å²) in [7, 11) is 0. The van der Waals surface area contributed by atoms with Gasteiger partial charge in [0.1, 0.15) is 6.04 Å². The van der Waals surface area contributed by atoms with Crippen molar-refractivity contribution in [2.75, 3.05) is 18.4 Å². The summed E-state index contributed by atoms with van der Waals surface area (Å²) in [6.45, 7) is 7.00. The van der Waals surface area contributed by atoms with Crippen LogP contribution in [-0.2, 0) is 4.79 Å². The Morgan fingerprint density at radius 3 is 2.34 bits per heavy atom. The normalized spacial score (nSPS) is 14.8. The van der Waals surface area contributed by atoms with Crippen LogP contribution in [0.2, 0.25) is 0 Å². The molecule has 1 aliphatic heterocycles. The highest BCUT2D eigenvalue weighted by atomic mass is 16.2. The third kappa shape index (κ3) is 6.82. The maximum Gasteiger partial charge on any atom is 0.319 e. The lowest BCUT2D eigenvalue weighted by atomic mass is 9.89. The van der Waals surface area contributed by atoms with E-state index < -0.39 is 18.0 Å². The molecule has 0 radical (unpaired) electrons. The first-order chi connectivity index (χ1) is 16.7. The molecule has 8 nitrogen and oxygen atoms in total. The van der Waals surface area contributed by atoms with Crippen molar-refractivity contribution >= 4 is 23.5 Å². The summed E-state index contributed by atoms with van der Waals surface area (Å²) >= 11 is 0.